The molecule has 2 aromatic carbocycles. The first-order valence-electron chi connectivity index (χ1n) is 9.81. The van der Waals surface area contributed by atoms with Gasteiger partial charge in [-0.15, -0.1) is 0 Å². The quantitative estimate of drug-likeness (QED) is 0.656. The van der Waals surface area contributed by atoms with Gasteiger partial charge >= 0.3 is 5.97 Å². The van der Waals surface area contributed by atoms with Gasteiger partial charge in [0.1, 0.15) is 0 Å². The molecule has 0 unspecified atom stereocenters. The van der Waals surface area contributed by atoms with Crippen molar-refractivity contribution in [2.75, 3.05) is 5.32 Å². The molecule has 146 valence electrons. The molecule has 29 heavy (non-hydrogen) atoms. The normalized spacial score (nSPS) is 24.8. The lowest BCUT2D eigenvalue weighted by atomic mass is 9.82. The van der Waals surface area contributed by atoms with Crippen molar-refractivity contribution in [3.05, 3.63) is 72.6 Å². The predicted octanol–water partition coefficient (Wildman–Crippen LogP) is 3.55. The highest BCUT2D eigenvalue weighted by molar-refractivity contribution is 5.96. The number of aliphatic carboxylic acids is 1. The van der Waals surface area contributed by atoms with E-state index in [1.165, 1.54) is 10.8 Å². The molecule has 1 amide bonds. The summed E-state index contributed by atoms with van der Waals surface area (Å²) in [5.41, 5.74) is 1.74. The number of carboxylic acid groups (broad SMARTS) is 1. The molecule has 3 aromatic rings. The molecule has 0 aliphatic heterocycles. The zero-order chi connectivity index (χ0) is 20.0. The summed E-state index contributed by atoms with van der Waals surface area (Å²) in [4.78, 5) is 24.5. The number of hydrogen-bond acceptors (Lipinski definition) is 3. The van der Waals surface area contributed by atoms with Gasteiger partial charge in [0.25, 0.3) is 0 Å². The molecule has 2 N–H and O–H groups in total. The summed E-state index contributed by atoms with van der Waals surface area (Å²) in [6.07, 6.45) is 8.07. The molecule has 1 fully saturated rings. The van der Waals surface area contributed by atoms with Crippen LogP contribution in [0.5, 0.6) is 0 Å². The van der Waals surface area contributed by atoms with Crippen molar-refractivity contribution in [3.8, 4) is 0 Å². The van der Waals surface area contributed by atoms with E-state index >= 15 is 0 Å². The molecule has 0 spiro atoms. The minimum Gasteiger partial charge on any atom is -0.481 e. The minimum absolute atomic E-state index is 0.00632. The van der Waals surface area contributed by atoms with Crippen LogP contribution in [0.3, 0.4) is 0 Å². The van der Waals surface area contributed by atoms with Crippen LogP contribution in [0.2, 0.25) is 0 Å². The van der Waals surface area contributed by atoms with E-state index < -0.39 is 17.8 Å². The fourth-order valence-corrected chi connectivity index (χ4v) is 4.86. The van der Waals surface area contributed by atoms with Crippen LogP contribution >= 0.6 is 0 Å². The molecule has 2 aliphatic rings. The Morgan fingerprint density at radius 2 is 1.83 bits per heavy atom. The highest BCUT2D eigenvalue weighted by atomic mass is 16.4. The second kappa shape index (κ2) is 6.88. The first-order valence-corrected chi connectivity index (χ1v) is 9.81. The van der Waals surface area contributed by atoms with Crippen LogP contribution in [0.15, 0.2) is 67.0 Å². The molecule has 2 aliphatic carbocycles. The molecule has 0 radical (unpaired) electrons. The summed E-state index contributed by atoms with van der Waals surface area (Å²) in [5, 5.41) is 19.1. The summed E-state index contributed by atoms with van der Waals surface area (Å²) in [6, 6.07) is 14.4. The third-order valence-electron chi connectivity index (χ3n) is 6.16. The van der Waals surface area contributed by atoms with Crippen LogP contribution in [0.25, 0.3) is 10.8 Å². The summed E-state index contributed by atoms with van der Waals surface area (Å²) in [5.74, 6) is -2.33. The van der Waals surface area contributed by atoms with Gasteiger partial charge in [-0.05, 0) is 34.6 Å². The van der Waals surface area contributed by atoms with Crippen LogP contribution < -0.4 is 5.32 Å². The Morgan fingerprint density at radius 3 is 2.66 bits per heavy atom. The average Bonchev–Trinajstić information content (AvgIpc) is 3.44. The van der Waals surface area contributed by atoms with Crippen LogP contribution in [-0.2, 0) is 16.1 Å². The van der Waals surface area contributed by atoms with Crippen molar-refractivity contribution in [3.63, 3.8) is 0 Å². The summed E-state index contributed by atoms with van der Waals surface area (Å²) < 4.78 is 1.78. The lowest BCUT2D eigenvalue weighted by molar-refractivity contribution is -0.146. The van der Waals surface area contributed by atoms with Crippen LogP contribution in [0.1, 0.15) is 12.0 Å². The van der Waals surface area contributed by atoms with Gasteiger partial charge in [0.2, 0.25) is 5.91 Å². The maximum Gasteiger partial charge on any atom is 0.307 e. The van der Waals surface area contributed by atoms with E-state index in [-0.39, 0.29) is 17.7 Å². The number of carbonyl (C=O) groups is 2. The number of aromatic nitrogens is 2. The highest BCUT2D eigenvalue weighted by Crippen LogP contribution is 2.48. The van der Waals surface area contributed by atoms with Gasteiger partial charge in [-0.1, -0.05) is 54.6 Å². The van der Waals surface area contributed by atoms with Crippen molar-refractivity contribution in [1.82, 2.24) is 9.78 Å². The largest absolute Gasteiger partial charge is 0.481 e. The smallest absolute Gasteiger partial charge is 0.307 e. The van der Waals surface area contributed by atoms with Crippen LogP contribution in [0.4, 0.5) is 5.69 Å². The van der Waals surface area contributed by atoms with Gasteiger partial charge in [-0.3, -0.25) is 14.3 Å². The van der Waals surface area contributed by atoms with Crippen molar-refractivity contribution in [2.24, 2.45) is 23.7 Å². The Kier molecular flexibility index (Phi) is 4.19. The third kappa shape index (κ3) is 3.10. The number of carbonyl (C=O) groups excluding carboxylic acids is 1. The number of fused-ring (bicyclic) bond motifs is 3. The first kappa shape index (κ1) is 17.7. The van der Waals surface area contributed by atoms with E-state index in [1.807, 2.05) is 30.4 Å². The number of amides is 1. The number of allylic oxidation sites excluding steroid dienone is 2. The van der Waals surface area contributed by atoms with E-state index in [2.05, 4.69) is 34.7 Å². The zero-order valence-electron chi connectivity index (χ0n) is 15.7. The van der Waals surface area contributed by atoms with E-state index in [0.29, 0.717) is 12.2 Å². The van der Waals surface area contributed by atoms with Crippen molar-refractivity contribution >= 4 is 28.3 Å². The maximum absolute atomic E-state index is 12.8. The SMILES string of the molecule is O=C(Nc1cnn(Cc2cccc3ccccc23)c1)[C@@H]1[C@H](C(=O)O)[C@H]2C=C[C@H]1C2. The van der Waals surface area contributed by atoms with Crippen LogP contribution in [-0.4, -0.2) is 26.8 Å². The third-order valence-corrected chi connectivity index (χ3v) is 6.16. The molecule has 1 heterocycles. The number of benzene rings is 2. The molecule has 4 atom stereocenters. The monoisotopic (exact) mass is 387 g/mol. The molecule has 2 bridgehead atoms. The van der Waals surface area contributed by atoms with E-state index in [1.54, 1.807) is 17.1 Å². The van der Waals surface area contributed by atoms with Gasteiger partial charge in [-0.2, -0.15) is 5.10 Å². The standard InChI is InChI=1S/C23H21N3O3/c27-22(20-15-8-9-16(10-15)21(20)23(28)29)25-18-11-24-26(13-18)12-17-6-3-5-14-4-1-2-7-19(14)17/h1-9,11,13,15-16,20-21H,10,12H2,(H,25,27)(H,28,29)/t15-,16-,20-,21+/m0/s1. The van der Waals surface area contributed by atoms with E-state index in [0.717, 1.165) is 12.0 Å². The van der Waals surface area contributed by atoms with E-state index in [9.17, 15) is 14.7 Å². The second-order valence-corrected chi connectivity index (χ2v) is 7.89. The van der Waals surface area contributed by atoms with Gasteiger partial charge in [-0.25, -0.2) is 0 Å². The van der Waals surface area contributed by atoms with Crippen molar-refractivity contribution in [2.45, 2.75) is 13.0 Å². The Hall–Kier alpha value is -3.41. The van der Waals surface area contributed by atoms with Crippen LogP contribution in [0, 0.1) is 23.7 Å². The molecular formula is C23H21N3O3. The fraction of sp³-hybridized carbons (Fsp3) is 0.261. The van der Waals surface area contributed by atoms with Crippen molar-refractivity contribution in [1.29, 1.82) is 0 Å². The predicted molar refractivity (Wildman–Crippen MR) is 109 cm³/mol. The molecule has 6 heteroatoms. The van der Waals surface area contributed by atoms with Gasteiger partial charge in [0.05, 0.1) is 30.3 Å². The number of nitrogens with one attached hydrogen (secondary N) is 1. The molecule has 0 saturated heterocycles. The minimum atomic E-state index is -0.895. The Labute approximate surface area is 167 Å². The topological polar surface area (TPSA) is 84.2 Å². The number of rotatable bonds is 5. The summed E-state index contributed by atoms with van der Waals surface area (Å²) in [7, 11) is 0. The van der Waals surface area contributed by atoms with Crippen molar-refractivity contribution < 1.29 is 14.7 Å². The number of hydrogen-bond donors (Lipinski definition) is 2. The molecular weight excluding hydrogens is 366 g/mol. The average molecular weight is 387 g/mol. The molecule has 5 rings (SSSR count). The maximum atomic E-state index is 12.8. The first-order chi connectivity index (χ1) is 14.1. The zero-order valence-corrected chi connectivity index (χ0v) is 15.7. The fourth-order valence-electron chi connectivity index (χ4n) is 4.86. The number of nitrogens with zero attached hydrogens (tertiary/aromatic N) is 2. The Morgan fingerprint density at radius 1 is 1.07 bits per heavy atom. The van der Waals surface area contributed by atoms with Gasteiger partial charge < -0.3 is 10.4 Å². The summed E-state index contributed by atoms with van der Waals surface area (Å²) >= 11 is 0. The summed E-state index contributed by atoms with van der Waals surface area (Å²) in [6.45, 7) is 0.589. The molecule has 6 nitrogen and oxygen atoms in total. The second-order valence-electron chi connectivity index (χ2n) is 7.89. The molecule has 1 aromatic heterocycles. The Balaban J connectivity index is 1.32. The van der Waals surface area contributed by atoms with Gasteiger partial charge in [0, 0.05) is 6.20 Å². The lowest BCUT2D eigenvalue weighted by Crippen LogP contribution is -2.36. The number of carboxylic acids is 1. The highest BCUT2D eigenvalue weighted by Gasteiger charge is 2.51. The number of anilines is 1. The van der Waals surface area contributed by atoms with Gasteiger partial charge in [0.15, 0.2) is 0 Å². The lowest BCUT2D eigenvalue weighted by Gasteiger charge is -2.23. The van der Waals surface area contributed by atoms with E-state index in [4.69, 9.17) is 0 Å². The molecule has 1 saturated carbocycles. The Bertz CT molecular complexity index is 1130.